The van der Waals surface area contributed by atoms with E-state index in [2.05, 4.69) is 9.89 Å². The predicted molar refractivity (Wildman–Crippen MR) is 75.2 cm³/mol. The third-order valence-electron chi connectivity index (χ3n) is 4.05. The zero-order chi connectivity index (χ0) is 14.3. The number of aliphatic hydroxyl groups is 1. The van der Waals surface area contributed by atoms with Gasteiger partial charge < -0.3 is 14.7 Å². The Kier molecular flexibility index (Phi) is 3.84. The van der Waals surface area contributed by atoms with Crippen molar-refractivity contribution in [2.45, 2.75) is 38.3 Å². The summed E-state index contributed by atoms with van der Waals surface area (Å²) >= 11 is 5.74. The number of rotatable bonds is 4. The van der Waals surface area contributed by atoms with E-state index in [0.29, 0.717) is 19.2 Å². The fraction of sp³-hybridized carbons (Fsp3) is 0.643. The minimum absolute atomic E-state index is 0.0260. The van der Waals surface area contributed by atoms with Crippen molar-refractivity contribution in [2.24, 2.45) is 10.9 Å². The molecule has 0 aromatic heterocycles. The van der Waals surface area contributed by atoms with Gasteiger partial charge in [0, 0.05) is 30.4 Å². The summed E-state index contributed by atoms with van der Waals surface area (Å²) in [6.07, 6.45) is 3.58. The molecule has 3 rings (SSSR count). The summed E-state index contributed by atoms with van der Waals surface area (Å²) in [4.78, 5) is 6.13. The third kappa shape index (κ3) is 2.75. The highest BCUT2D eigenvalue weighted by atomic mass is 35.5. The van der Waals surface area contributed by atoms with Gasteiger partial charge in [0.05, 0.1) is 6.61 Å². The van der Waals surface area contributed by atoms with Crippen molar-refractivity contribution < 1.29 is 14.2 Å². The van der Waals surface area contributed by atoms with Gasteiger partial charge in [-0.3, -0.25) is 0 Å². The SMILES string of the molecule is CC1C(CN(C2=CC(O)OC2)C2CC2)=CN=C(Cl)C1F. The van der Waals surface area contributed by atoms with Gasteiger partial charge in [0.15, 0.2) is 12.5 Å². The Balaban J connectivity index is 1.76. The predicted octanol–water partition coefficient (Wildman–Crippen LogP) is 2.19. The smallest absolute Gasteiger partial charge is 0.176 e. The van der Waals surface area contributed by atoms with E-state index < -0.39 is 12.5 Å². The van der Waals surface area contributed by atoms with Crippen LogP contribution in [-0.4, -0.2) is 46.8 Å². The topological polar surface area (TPSA) is 45.1 Å². The molecule has 1 aliphatic carbocycles. The van der Waals surface area contributed by atoms with E-state index in [1.807, 2.05) is 6.92 Å². The molecule has 0 saturated heterocycles. The highest BCUT2D eigenvalue weighted by Crippen LogP contribution is 2.35. The van der Waals surface area contributed by atoms with Gasteiger partial charge >= 0.3 is 0 Å². The Bertz CT molecular complexity index is 488. The van der Waals surface area contributed by atoms with Gasteiger partial charge in [-0.05, 0) is 24.5 Å². The molecule has 0 bridgehead atoms. The quantitative estimate of drug-likeness (QED) is 0.865. The summed E-state index contributed by atoms with van der Waals surface area (Å²) in [5, 5.41) is 9.47. The molecule has 0 spiro atoms. The van der Waals surface area contributed by atoms with Crippen LogP contribution in [0.15, 0.2) is 28.5 Å². The number of alkyl halides is 1. The maximum Gasteiger partial charge on any atom is 0.176 e. The van der Waals surface area contributed by atoms with Crippen molar-refractivity contribution in [1.29, 1.82) is 0 Å². The van der Waals surface area contributed by atoms with Crippen LogP contribution in [0.2, 0.25) is 0 Å². The molecule has 1 saturated carbocycles. The van der Waals surface area contributed by atoms with Crippen molar-refractivity contribution in [1.82, 2.24) is 4.90 Å². The molecule has 0 aromatic rings. The molecule has 110 valence electrons. The normalized spacial score (nSPS) is 33.6. The highest BCUT2D eigenvalue weighted by molar-refractivity contribution is 6.66. The van der Waals surface area contributed by atoms with E-state index >= 15 is 0 Å². The van der Waals surface area contributed by atoms with E-state index in [1.54, 1.807) is 12.3 Å². The lowest BCUT2D eigenvalue weighted by molar-refractivity contribution is -0.0412. The Morgan fingerprint density at radius 1 is 1.55 bits per heavy atom. The van der Waals surface area contributed by atoms with Crippen molar-refractivity contribution in [3.8, 4) is 0 Å². The Labute approximate surface area is 122 Å². The van der Waals surface area contributed by atoms with Crippen molar-refractivity contribution in [3.63, 3.8) is 0 Å². The zero-order valence-corrected chi connectivity index (χ0v) is 12.1. The average Bonchev–Trinajstić information content (AvgIpc) is 3.17. The van der Waals surface area contributed by atoms with Crippen LogP contribution in [0.25, 0.3) is 0 Å². The number of hydrogen-bond donors (Lipinski definition) is 1. The summed E-state index contributed by atoms with van der Waals surface area (Å²) in [6.45, 7) is 2.84. The van der Waals surface area contributed by atoms with Gasteiger partial charge in [-0.2, -0.15) is 0 Å². The largest absolute Gasteiger partial charge is 0.366 e. The van der Waals surface area contributed by atoms with Gasteiger partial charge in [-0.25, -0.2) is 9.38 Å². The summed E-state index contributed by atoms with van der Waals surface area (Å²) in [5.41, 5.74) is 1.90. The van der Waals surface area contributed by atoms with Crippen molar-refractivity contribution in [3.05, 3.63) is 23.5 Å². The molecule has 2 heterocycles. The molecule has 4 nitrogen and oxygen atoms in total. The van der Waals surface area contributed by atoms with E-state index in [-0.39, 0.29) is 11.1 Å². The minimum atomic E-state index is -1.22. The molecule has 3 aliphatic rings. The number of aliphatic imine (C=N–C) groups is 1. The molecular weight excluding hydrogens is 283 g/mol. The second-order valence-corrected chi connectivity index (χ2v) is 5.95. The first-order chi connectivity index (χ1) is 9.56. The molecular formula is C14H18ClFN2O2. The lowest BCUT2D eigenvalue weighted by Gasteiger charge is -2.30. The van der Waals surface area contributed by atoms with Crippen LogP contribution >= 0.6 is 11.6 Å². The van der Waals surface area contributed by atoms with Gasteiger partial charge in [-0.15, -0.1) is 0 Å². The molecule has 0 amide bonds. The van der Waals surface area contributed by atoms with Crippen LogP contribution in [0.3, 0.4) is 0 Å². The summed E-state index contributed by atoms with van der Waals surface area (Å²) in [5.74, 6) is -0.269. The fourth-order valence-electron chi connectivity index (χ4n) is 2.57. The monoisotopic (exact) mass is 300 g/mol. The molecule has 3 unspecified atom stereocenters. The number of nitrogens with zero attached hydrogens (tertiary/aromatic N) is 2. The van der Waals surface area contributed by atoms with Gasteiger partial charge in [-0.1, -0.05) is 18.5 Å². The maximum atomic E-state index is 13.9. The van der Waals surface area contributed by atoms with E-state index in [4.69, 9.17) is 16.3 Å². The molecule has 3 atom stereocenters. The summed E-state index contributed by atoms with van der Waals surface area (Å²) < 4.78 is 19.1. The molecule has 2 aliphatic heterocycles. The first kappa shape index (κ1) is 14.0. The molecule has 20 heavy (non-hydrogen) atoms. The van der Waals surface area contributed by atoms with Crippen molar-refractivity contribution >= 4 is 16.8 Å². The Hall–Kier alpha value is -0.910. The number of ether oxygens (including phenoxy) is 1. The lowest BCUT2D eigenvalue weighted by atomic mass is 9.95. The first-order valence-corrected chi connectivity index (χ1v) is 7.27. The molecule has 0 radical (unpaired) electrons. The van der Waals surface area contributed by atoms with Gasteiger partial charge in [0.25, 0.3) is 0 Å². The first-order valence-electron chi connectivity index (χ1n) is 6.89. The van der Waals surface area contributed by atoms with E-state index in [1.165, 1.54) is 0 Å². The maximum absolute atomic E-state index is 13.9. The van der Waals surface area contributed by atoms with Crippen LogP contribution in [0, 0.1) is 5.92 Å². The summed E-state index contributed by atoms with van der Waals surface area (Å²) in [6, 6.07) is 0.461. The lowest BCUT2D eigenvalue weighted by Crippen LogP contribution is -2.34. The van der Waals surface area contributed by atoms with Crippen molar-refractivity contribution in [2.75, 3.05) is 13.2 Å². The molecule has 0 aromatic carbocycles. The molecule has 1 N–H and O–H groups in total. The van der Waals surface area contributed by atoms with Crippen LogP contribution in [0.1, 0.15) is 19.8 Å². The van der Waals surface area contributed by atoms with Crippen LogP contribution < -0.4 is 0 Å². The molecule has 6 heteroatoms. The van der Waals surface area contributed by atoms with E-state index in [0.717, 1.165) is 24.1 Å². The van der Waals surface area contributed by atoms with E-state index in [9.17, 15) is 9.50 Å². The molecule has 1 fully saturated rings. The Morgan fingerprint density at radius 3 is 2.90 bits per heavy atom. The van der Waals surface area contributed by atoms with Crippen LogP contribution in [0.4, 0.5) is 4.39 Å². The summed E-state index contributed by atoms with van der Waals surface area (Å²) in [7, 11) is 0. The fourth-order valence-corrected chi connectivity index (χ4v) is 2.81. The number of hydrogen-bond acceptors (Lipinski definition) is 4. The van der Waals surface area contributed by atoms with Crippen LogP contribution in [0.5, 0.6) is 0 Å². The highest BCUT2D eigenvalue weighted by Gasteiger charge is 2.35. The van der Waals surface area contributed by atoms with Gasteiger partial charge in [0.2, 0.25) is 0 Å². The third-order valence-corrected chi connectivity index (χ3v) is 4.36. The standard InChI is InChI=1S/C14H18ClFN2O2/c1-8-9(5-17-14(15)13(8)16)6-18(10-2-3-10)11-4-12(19)20-7-11/h4-5,8,10,12-13,19H,2-3,6-7H2,1H3. The number of halogens is 2. The number of aliphatic hydroxyl groups excluding tert-OH is 1. The average molecular weight is 301 g/mol. The van der Waals surface area contributed by atoms with Gasteiger partial charge in [0.1, 0.15) is 5.17 Å². The van der Waals surface area contributed by atoms with Crippen LogP contribution in [-0.2, 0) is 4.74 Å². The Morgan fingerprint density at radius 2 is 2.30 bits per heavy atom. The zero-order valence-electron chi connectivity index (χ0n) is 11.3. The minimum Gasteiger partial charge on any atom is -0.366 e. The second kappa shape index (κ2) is 5.47. The second-order valence-electron chi connectivity index (χ2n) is 5.56.